The third-order valence-corrected chi connectivity index (χ3v) is 7.44. The minimum atomic E-state index is 0.268. The summed E-state index contributed by atoms with van der Waals surface area (Å²) in [7, 11) is 0. The first-order chi connectivity index (χ1) is 14.8. The lowest BCUT2D eigenvalue weighted by Gasteiger charge is -2.51. The monoisotopic (exact) mass is 420 g/mol. The summed E-state index contributed by atoms with van der Waals surface area (Å²) in [6.45, 7) is 18.2. The van der Waals surface area contributed by atoms with Crippen LogP contribution in [0.25, 0.3) is 0 Å². The standard InChI is InChI=1S/C27H40N4/c1-9-22(10-2)29-23(11-3)12-13-24-21(8)28-25-16-20(7)30(31(25)27(24)29)26-18(5)14-17(4)15-19(26)6/h14-16,20,22-23H,9-13H2,1-8H3. The molecule has 0 aliphatic carbocycles. The highest BCUT2D eigenvalue weighted by Gasteiger charge is 2.44. The summed E-state index contributed by atoms with van der Waals surface area (Å²) in [6, 6.07) is 6.04. The molecule has 0 saturated carbocycles. The van der Waals surface area contributed by atoms with Crippen LogP contribution in [0.5, 0.6) is 0 Å². The molecule has 3 aliphatic heterocycles. The maximum atomic E-state index is 5.11. The summed E-state index contributed by atoms with van der Waals surface area (Å²) in [5.41, 5.74) is 7.97. The zero-order valence-electron chi connectivity index (χ0n) is 20.8. The van der Waals surface area contributed by atoms with Gasteiger partial charge in [0.25, 0.3) is 0 Å². The summed E-state index contributed by atoms with van der Waals surface area (Å²) in [5.74, 6) is 2.49. The molecule has 1 aromatic carbocycles. The van der Waals surface area contributed by atoms with Crippen molar-refractivity contribution >= 4 is 11.4 Å². The van der Waals surface area contributed by atoms with Gasteiger partial charge in [0.2, 0.25) is 0 Å². The van der Waals surface area contributed by atoms with Crippen LogP contribution in [0.15, 0.2) is 40.4 Å². The van der Waals surface area contributed by atoms with Crippen molar-refractivity contribution in [1.82, 2.24) is 9.91 Å². The van der Waals surface area contributed by atoms with Crippen molar-refractivity contribution in [2.24, 2.45) is 4.99 Å². The largest absolute Gasteiger partial charge is 0.350 e. The SMILES string of the molecule is CCC(CC)N1C2=C(CCC1CC)C(C)=NC1=CC(C)N(c3c(C)cc(C)cc3C)N12. The van der Waals surface area contributed by atoms with E-state index < -0.39 is 0 Å². The van der Waals surface area contributed by atoms with Crippen molar-refractivity contribution in [1.29, 1.82) is 0 Å². The molecule has 0 radical (unpaired) electrons. The van der Waals surface area contributed by atoms with E-state index in [0.717, 1.165) is 12.2 Å². The van der Waals surface area contributed by atoms with Crippen molar-refractivity contribution < 1.29 is 0 Å². The first-order valence-electron chi connectivity index (χ1n) is 12.3. The van der Waals surface area contributed by atoms with E-state index in [-0.39, 0.29) is 6.04 Å². The fourth-order valence-corrected chi connectivity index (χ4v) is 6.05. The Morgan fingerprint density at radius 3 is 2.26 bits per heavy atom. The first kappa shape index (κ1) is 22.0. The van der Waals surface area contributed by atoms with Crippen LogP contribution >= 0.6 is 0 Å². The number of fused-ring (bicyclic) bond motifs is 2. The van der Waals surface area contributed by atoms with Crippen molar-refractivity contribution in [3.8, 4) is 0 Å². The summed E-state index contributed by atoms with van der Waals surface area (Å²) < 4.78 is 0. The van der Waals surface area contributed by atoms with Crippen LogP contribution < -0.4 is 5.01 Å². The minimum Gasteiger partial charge on any atom is -0.350 e. The van der Waals surface area contributed by atoms with Gasteiger partial charge in [-0.2, -0.15) is 0 Å². The van der Waals surface area contributed by atoms with Crippen LogP contribution in [0.4, 0.5) is 5.69 Å². The molecule has 0 bridgehead atoms. The molecule has 31 heavy (non-hydrogen) atoms. The van der Waals surface area contributed by atoms with Gasteiger partial charge in [-0.1, -0.05) is 38.5 Å². The second-order valence-corrected chi connectivity index (χ2v) is 9.65. The quantitative estimate of drug-likeness (QED) is 0.534. The zero-order valence-corrected chi connectivity index (χ0v) is 20.8. The van der Waals surface area contributed by atoms with Gasteiger partial charge in [0.1, 0.15) is 5.82 Å². The van der Waals surface area contributed by atoms with Crippen LogP contribution in [0.3, 0.4) is 0 Å². The van der Waals surface area contributed by atoms with Gasteiger partial charge >= 0.3 is 0 Å². The van der Waals surface area contributed by atoms with Gasteiger partial charge in [0.05, 0.1) is 11.7 Å². The molecule has 0 N–H and O–H groups in total. The lowest BCUT2D eigenvalue weighted by Crippen LogP contribution is -2.55. The molecule has 0 fully saturated rings. The second-order valence-electron chi connectivity index (χ2n) is 9.65. The number of aliphatic imine (C=N–C) groups is 1. The molecule has 2 atom stereocenters. The molecule has 1 aromatic rings. The summed E-state index contributed by atoms with van der Waals surface area (Å²) in [6.07, 6.45) is 8.22. The lowest BCUT2D eigenvalue weighted by molar-refractivity contribution is 0.0978. The predicted octanol–water partition coefficient (Wildman–Crippen LogP) is 6.63. The molecule has 0 amide bonds. The van der Waals surface area contributed by atoms with Crippen LogP contribution in [0, 0.1) is 20.8 Å². The summed E-state index contributed by atoms with van der Waals surface area (Å²) in [4.78, 5) is 7.88. The highest BCUT2D eigenvalue weighted by Crippen LogP contribution is 2.45. The van der Waals surface area contributed by atoms with Crippen molar-refractivity contribution in [2.75, 3.05) is 5.01 Å². The van der Waals surface area contributed by atoms with Crippen molar-refractivity contribution in [3.05, 3.63) is 52.1 Å². The van der Waals surface area contributed by atoms with Gasteiger partial charge in [0, 0.05) is 23.4 Å². The van der Waals surface area contributed by atoms with E-state index in [1.807, 2.05) is 0 Å². The fourth-order valence-electron chi connectivity index (χ4n) is 6.05. The van der Waals surface area contributed by atoms with E-state index in [1.165, 1.54) is 65.2 Å². The number of nitrogens with zero attached hydrogens (tertiary/aromatic N) is 4. The van der Waals surface area contributed by atoms with Gasteiger partial charge in [-0.3, -0.25) is 5.01 Å². The van der Waals surface area contributed by atoms with Gasteiger partial charge in [0.15, 0.2) is 5.82 Å². The number of allylic oxidation sites excluding steroid dienone is 1. The van der Waals surface area contributed by atoms with E-state index in [9.17, 15) is 0 Å². The van der Waals surface area contributed by atoms with E-state index in [2.05, 4.69) is 88.5 Å². The topological polar surface area (TPSA) is 22.1 Å². The Hall–Kier alpha value is -2.23. The van der Waals surface area contributed by atoms with E-state index >= 15 is 0 Å². The Morgan fingerprint density at radius 1 is 1.03 bits per heavy atom. The average molecular weight is 421 g/mol. The van der Waals surface area contributed by atoms with Crippen molar-refractivity contribution in [3.63, 3.8) is 0 Å². The Morgan fingerprint density at radius 2 is 1.68 bits per heavy atom. The smallest absolute Gasteiger partial charge is 0.152 e. The molecule has 0 aromatic heterocycles. The van der Waals surface area contributed by atoms with Gasteiger partial charge in [-0.25, -0.2) is 10.0 Å². The molecule has 4 nitrogen and oxygen atoms in total. The molecule has 168 valence electrons. The maximum Gasteiger partial charge on any atom is 0.152 e. The number of benzene rings is 1. The first-order valence-corrected chi connectivity index (χ1v) is 12.3. The highest BCUT2D eigenvalue weighted by molar-refractivity contribution is 6.00. The minimum absolute atomic E-state index is 0.268. The predicted molar refractivity (Wildman–Crippen MR) is 132 cm³/mol. The fraction of sp³-hybridized carbons (Fsp3) is 0.593. The Kier molecular flexibility index (Phi) is 5.93. The molecule has 3 aliphatic rings. The van der Waals surface area contributed by atoms with Gasteiger partial charge in [-0.15, -0.1) is 0 Å². The molecule has 0 saturated heterocycles. The van der Waals surface area contributed by atoms with Crippen molar-refractivity contribution in [2.45, 2.75) is 106 Å². The number of anilines is 1. The Labute approximate surface area is 189 Å². The second kappa shape index (κ2) is 8.37. The molecule has 3 heterocycles. The van der Waals surface area contributed by atoms with Crippen LogP contribution in [-0.4, -0.2) is 33.7 Å². The lowest BCUT2D eigenvalue weighted by atomic mass is 9.91. The van der Waals surface area contributed by atoms with E-state index in [0.29, 0.717) is 12.1 Å². The van der Waals surface area contributed by atoms with Gasteiger partial charge in [-0.05, 0) is 83.9 Å². The zero-order chi connectivity index (χ0) is 22.4. The molecule has 4 rings (SSSR count). The normalized spacial score (nSPS) is 23.3. The Balaban J connectivity index is 1.91. The van der Waals surface area contributed by atoms with Gasteiger partial charge < -0.3 is 4.90 Å². The maximum absolute atomic E-state index is 5.11. The van der Waals surface area contributed by atoms with Crippen LogP contribution in [-0.2, 0) is 0 Å². The summed E-state index contributed by atoms with van der Waals surface area (Å²) >= 11 is 0. The summed E-state index contributed by atoms with van der Waals surface area (Å²) in [5, 5.41) is 4.98. The van der Waals surface area contributed by atoms with E-state index in [4.69, 9.17) is 4.99 Å². The van der Waals surface area contributed by atoms with Crippen LogP contribution in [0.1, 0.15) is 83.4 Å². The highest BCUT2D eigenvalue weighted by atomic mass is 15.7. The average Bonchev–Trinajstić information content (AvgIpc) is 3.03. The number of hydrogen-bond acceptors (Lipinski definition) is 4. The molecule has 2 unspecified atom stereocenters. The number of rotatable bonds is 5. The van der Waals surface area contributed by atoms with E-state index in [1.54, 1.807) is 0 Å². The Bertz CT molecular complexity index is 927. The van der Waals surface area contributed by atoms with Crippen LogP contribution in [0.2, 0.25) is 0 Å². The molecular weight excluding hydrogens is 380 g/mol. The molecule has 4 heteroatoms. The molecular formula is C27H40N4. The molecule has 0 spiro atoms. The third-order valence-electron chi connectivity index (χ3n) is 7.44. The number of hydrazine groups is 1. The third kappa shape index (κ3) is 3.48. The number of hydrogen-bond donors (Lipinski definition) is 0. The number of aryl methyl sites for hydroxylation is 3.